The smallest absolute Gasteiger partial charge is 0.229 e. The summed E-state index contributed by atoms with van der Waals surface area (Å²) >= 11 is 3.46. The zero-order chi connectivity index (χ0) is 16.2. The number of anilines is 3. The maximum absolute atomic E-state index is 4.48. The third-order valence-electron chi connectivity index (χ3n) is 3.58. The minimum Gasteiger partial charge on any atom is -0.340 e. The van der Waals surface area contributed by atoms with Crippen molar-refractivity contribution in [2.75, 3.05) is 10.6 Å². The fraction of sp³-hybridized carbons (Fsp3) is 0.235. The van der Waals surface area contributed by atoms with E-state index in [1.807, 2.05) is 12.1 Å². The fourth-order valence-corrected chi connectivity index (χ4v) is 2.49. The summed E-state index contributed by atoms with van der Waals surface area (Å²) in [4.78, 5) is 12.7. The van der Waals surface area contributed by atoms with Crippen molar-refractivity contribution >= 4 is 33.4 Å². The highest BCUT2D eigenvalue weighted by molar-refractivity contribution is 9.10. The van der Waals surface area contributed by atoms with Crippen molar-refractivity contribution in [3.05, 3.63) is 59.1 Å². The first kappa shape index (κ1) is 15.7. The van der Waals surface area contributed by atoms with Crippen LogP contribution >= 0.6 is 15.9 Å². The number of halogens is 1. The highest BCUT2D eigenvalue weighted by Gasteiger charge is 2.22. The lowest BCUT2D eigenvalue weighted by atomic mass is 10.1. The van der Waals surface area contributed by atoms with Gasteiger partial charge in [-0.25, -0.2) is 4.98 Å². The van der Waals surface area contributed by atoms with Crippen LogP contribution in [0.25, 0.3) is 0 Å². The Kier molecular flexibility index (Phi) is 4.71. The SMILES string of the molecule is C=C(/C=C(\C)C1CC1)Nc1nc(Nc2ccncc2)ncc1Br. The number of nitrogens with one attached hydrogen (secondary N) is 2. The van der Waals surface area contributed by atoms with Gasteiger partial charge in [0.2, 0.25) is 5.95 Å². The zero-order valence-corrected chi connectivity index (χ0v) is 14.5. The van der Waals surface area contributed by atoms with E-state index >= 15 is 0 Å². The molecule has 2 N–H and O–H groups in total. The van der Waals surface area contributed by atoms with Crippen LogP contribution in [0, 0.1) is 5.92 Å². The van der Waals surface area contributed by atoms with Crippen molar-refractivity contribution in [2.45, 2.75) is 19.8 Å². The molecule has 23 heavy (non-hydrogen) atoms. The monoisotopic (exact) mass is 371 g/mol. The fourth-order valence-electron chi connectivity index (χ4n) is 2.20. The average Bonchev–Trinajstić information content (AvgIpc) is 3.36. The molecule has 1 fully saturated rings. The van der Waals surface area contributed by atoms with E-state index in [0.29, 0.717) is 11.8 Å². The molecule has 0 bridgehead atoms. The van der Waals surface area contributed by atoms with Gasteiger partial charge in [-0.15, -0.1) is 0 Å². The van der Waals surface area contributed by atoms with Gasteiger partial charge in [0.15, 0.2) is 0 Å². The summed E-state index contributed by atoms with van der Waals surface area (Å²) in [6.45, 7) is 6.21. The maximum atomic E-state index is 4.48. The van der Waals surface area contributed by atoms with Crippen LogP contribution in [0.1, 0.15) is 19.8 Å². The number of aromatic nitrogens is 3. The number of allylic oxidation sites excluding steroid dienone is 2. The molecule has 6 heteroatoms. The van der Waals surface area contributed by atoms with E-state index in [0.717, 1.165) is 21.8 Å². The molecule has 1 saturated carbocycles. The molecular formula is C17H18BrN5. The van der Waals surface area contributed by atoms with E-state index in [1.165, 1.54) is 18.4 Å². The third kappa shape index (κ3) is 4.39. The van der Waals surface area contributed by atoms with Crippen molar-refractivity contribution in [1.82, 2.24) is 15.0 Å². The van der Waals surface area contributed by atoms with E-state index in [4.69, 9.17) is 0 Å². The van der Waals surface area contributed by atoms with Gasteiger partial charge in [-0.2, -0.15) is 4.98 Å². The Morgan fingerprint density at radius 3 is 2.78 bits per heavy atom. The van der Waals surface area contributed by atoms with Crippen molar-refractivity contribution in [2.24, 2.45) is 5.92 Å². The largest absolute Gasteiger partial charge is 0.340 e. The summed E-state index contributed by atoms with van der Waals surface area (Å²) < 4.78 is 0.788. The van der Waals surface area contributed by atoms with Gasteiger partial charge in [0.05, 0.1) is 4.47 Å². The van der Waals surface area contributed by atoms with E-state index in [1.54, 1.807) is 18.6 Å². The van der Waals surface area contributed by atoms with Crippen molar-refractivity contribution in [1.29, 1.82) is 0 Å². The van der Waals surface area contributed by atoms with Gasteiger partial charge in [0.1, 0.15) is 5.82 Å². The molecule has 5 nitrogen and oxygen atoms in total. The second-order valence-corrected chi connectivity index (χ2v) is 6.42. The van der Waals surface area contributed by atoms with E-state index in [2.05, 4.69) is 61.1 Å². The summed E-state index contributed by atoms with van der Waals surface area (Å²) in [6, 6.07) is 3.72. The molecule has 0 aromatic carbocycles. The minimum absolute atomic E-state index is 0.512. The minimum atomic E-state index is 0.512. The van der Waals surface area contributed by atoms with Gasteiger partial charge in [-0.3, -0.25) is 4.98 Å². The first-order chi connectivity index (χ1) is 11.1. The molecule has 0 atom stereocenters. The molecule has 0 amide bonds. The van der Waals surface area contributed by atoms with Crippen LogP contribution in [0.3, 0.4) is 0 Å². The molecule has 118 valence electrons. The van der Waals surface area contributed by atoms with E-state index in [9.17, 15) is 0 Å². The number of hydrogen-bond donors (Lipinski definition) is 2. The topological polar surface area (TPSA) is 62.7 Å². The number of hydrogen-bond acceptors (Lipinski definition) is 5. The summed E-state index contributed by atoms with van der Waals surface area (Å²) in [7, 11) is 0. The van der Waals surface area contributed by atoms with Crippen molar-refractivity contribution in [3.8, 4) is 0 Å². The maximum Gasteiger partial charge on any atom is 0.229 e. The van der Waals surface area contributed by atoms with Gasteiger partial charge in [-0.1, -0.05) is 12.2 Å². The van der Waals surface area contributed by atoms with Gasteiger partial charge in [-0.05, 0) is 59.8 Å². The lowest BCUT2D eigenvalue weighted by molar-refractivity contribution is 1.00. The summed E-state index contributed by atoms with van der Waals surface area (Å²) in [5, 5.41) is 6.37. The van der Waals surface area contributed by atoms with Crippen LogP contribution in [-0.4, -0.2) is 15.0 Å². The third-order valence-corrected chi connectivity index (χ3v) is 4.16. The van der Waals surface area contributed by atoms with Crippen LogP contribution in [0.2, 0.25) is 0 Å². The lowest BCUT2D eigenvalue weighted by Crippen LogP contribution is -2.04. The molecule has 2 aromatic rings. The molecule has 0 aliphatic heterocycles. The Balaban J connectivity index is 1.72. The Labute approximate surface area is 144 Å². The Bertz CT molecular complexity index is 738. The number of rotatable bonds is 6. The first-order valence-corrected chi connectivity index (χ1v) is 8.25. The lowest BCUT2D eigenvalue weighted by Gasteiger charge is -2.11. The summed E-state index contributed by atoms with van der Waals surface area (Å²) in [5.74, 6) is 1.92. The summed E-state index contributed by atoms with van der Waals surface area (Å²) in [6.07, 6.45) is 9.80. The first-order valence-electron chi connectivity index (χ1n) is 7.45. The molecule has 0 spiro atoms. The van der Waals surface area contributed by atoms with Crippen LogP contribution < -0.4 is 10.6 Å². The van der Waals surface area contributed by atoms with E-state index in [-0.39, 0.29) is 0 Å². The molecular weight excluding hydrogens is 354 g/mol. The van der Waals surface area contributed by atoms with Crippen LogP contribution in [0.4, 0.5) is 17.5 Å². The second kappa shape index (κ2) is 6.91. The standard InChI is InChI=1S/C17H18BrN5/c1-11(13-3-4-13)9-12(2)21-16-15(18)10-20-17(23-16)22-14-5-7-19-8-6-14/h5-10,13H,2-4H2,1H3,(H2,19,20,21,22,23)/b11-9+. The Hall–Kier alpha value is -2.21. The molecule has 0 saturated heterocycles. The van der Waals surface area contributed by atoms with Crippen molar-refractivity contribution in [3.63, 3.8) is 0 Å². The van der Waals surface area contributed by atoms with Gasteiger partial charge in [0, 0.05) is 30.0 Å². The predicted octanol–water partition coefficient (Wildman–Crippen LogP) is 4.66. The Morgan fingerprint density at radius 1 is 1.35 bits per heavy atom. The van der Waals surface area contributed by atoms with Crippen LogP contribution in [0.5, 0.6) is 0 Å². The highest BCUT2D eigenvalue weighted by Crippen LogP contribution is 2.36. The second-order valence-electron chi connectivity index (χ2n) is 5.56. The van der Waals surface area contributed by atoms with E-state index < -0.39 is 0 Å². The van der Waals surface area contributed by atoms with Crippen molar-refractivity contribution < 1.29 is 0 Å². The quantitative estimate of drug-likeness (QED) is 0.723. The van der Waals surface area contributed by atoms with Gasteiger partial charge >= 0.3 is 0 Å². The zero-order valence-electron chi connectivity index (χ0n) is 12.9. The number of nitrogens with zero attached hydrogens (tertiary/aromatic N) is 3. The molecule has 2 heterocycles. The van der Waals surface area contributed by atoms with Crippen LogP contribution in [0.15, 0.2) is 59.1 Å². The average molecular weight is 372 g/mol. The molecule has 0 radical (unpaired) electrons. The Morgan fingerprint density at radius 2 is 2.09 bits per heavy atom. The normalized spacial score (nSPS) is 14.4. The molecule has 1 aliphatic rings. The predicted molar refractivity (Wildman–Crippen MR) is 96.5 cm³/mol. The molecule has 1 aliphatic carbocycles. The number of pyridine rings is 1. The van der Waals surface area contributed by atoms with Crippen LogP contribution in [-0.2, 0) is 0 Å². The molecule has 3 rings (SSSR count). The van der Waals surface area contributed by atoms with Gasteiger partial charge in [0.25, 0.3) is 0 Å². The molecule has 0 unspecified atom stereocenters. The highest BCUT2D eigenvalue weighted by atomic mass is 79.9. The summed E-state index contributed by atoms with van der Waals surface area (Å²) in [5.41, 5.74) is 3.07. The van der Waals surface area contributed by atoms with Gasteiger partial charge < -0.3 is 10.6 Å². The molecule has 2 aromatic heterocycles.